The van der Waals surface area contributed by atoms with E-state index in [1.54, 1.807) is 4.90 Å². The summed E-state index contributed by atoms with van der Waals surface area (Å²) in [6, 6.07) is 17.7. The molecule has 0 N–H and O–H groups in total. The second-order valence-electron chi connectivity index (χ2n) is 7.95. The van der Waals surface area contributed by atoms with Gasteiger partial charge >= 0.3 is 0 Å². The Bertz CT molecular complexity index is 1240. The number of rotatable bonds is 5. The Labute approximate surface area is 185 Å². The van der Waals surface area contributed by atoms with E-state index in [0.717, 1.165) is 35.4 Å². The zero-order chi connectivity index (χ0) is 21.9. The summed E-state index contributed by atoms with van der Waals surface area (Å²) in [5.41, 5.74) is 2.72. The molecule has 0 bridgehead atoms. The SMILES string of the molecule is CN1CCCN(C(=O)CCc2nc(Cc3ccccc3)no2)c2nc3ccccc3nc21. The van der Waals surface area contributed by atoms with Crippen LogP contribution in [0.25, 0.3) is 11.0 Å². The van der Waals surface area contributed by atoms with Gasteiger partial charge in [-0.05, 0) is 24.1 Å². The van der Waals surface area contributed by atoms with Crippen molar-refractivity contribution in [3.05, 3.63) is 71.9 Å². The molecule has 0 unspecified atom stereocenters. The molecule has 32 heavy (non-hydrogen) atoms. The molecule has 1 amide bonds. The molecular formula is C24H24N6O2. The van der Waals surface area contributed by atoms with Crippen LogP contribution in [0.3, 0.4) is 0 Å². The van der Waals surface area contributed by atoms with Gasteiger partial charge in [0.25, 0.3) is 0 Å². The van der Waals surface area contributed by atoms with Crippen LogP contribution in [0.15, 0.2) is 59.1 Å². The average molecular weight is 428 g/mol. The normalized spacial score (nSPS) is 13.8. The van der Waals surface area contributed by atoms with E-state index in [0.29, 0.717) is 36.9 Å². The molecule has 162 valence electrons. The Morgan fingerprint density at radius 3 is 2.44 bits per heavy atom. The third-order valence-electron chi connectivity index (χ3n) is 5.60. The maximum atomic E-state index is 13.2. The summed E-state index contributed by atoms with van der Waals surface area (Å²) in [7, 11) is 1.99. The van der Waals surface area contributed by atoms with Gasteiger partial charge in [-0.3, -0.25) is 9.69 Å². The highest BCUT2D eigenvalue weighted by Gasteiger charge is 2.27. The topological polar surface area (TPSA) is 88.2 Å². The first-order valence-electron chi connectivity index (χ1n) is 10.8. The Morgan fingerprint density at radius 1 is 0.938 bits per heavy atom. The molecule has 1 aliphatic rings. The van der Waals surface area contributed by atoms with Crippen molar-refractivity contribution in [2.45, 2.75) is 25.7 Å². The van der Waals surface area contributed by atoms with Crippen LogP contribution in [0.2, 0.25) is 0 Å². The number of carbonyl (C=O) groups excluding carboxylic acids is 1. The number of benzene rings is 2. The first-order valence-corrected chi connectivity index (χ1v) is 10.8. The van der Waals surface area contributed by atoms with E-state index < -0.39 is 0 Å². The molecule has 0 atom stereocenters. The number of aromatic nitrogens is 4. The lowest BCUT2D eigenvalue weighted by molar-refractivity contribution is -0.118. The first-order chi connectivity index (χ1) is 15.7. The fourth-order valence-corrected chi connectivity index (χ4v) is 3.93. The van der Waals surface area contributed by atoms with Crippen LogP contribution < -0.4 is 9.80 Å². The number of nitrogens with zero attached hydrogens (tertiary/aromatic N) is 6. The highest BCUT2D eigenvalue weighted by atomic mass is 16.5. The van der Waals surface area contributed by atoms with Gasteiger partial charge in [0.15, 0.2) is 17.5 Å². The largest absolute Gasteiger partial charge is 0.357 e. The van der Waals surface area contributed by atoms with Crippen molar-refractivity contribution in [3.8, 4) is 0 Å². The van der Waals surface area contributed by atoms with Crippen molar-refractivity contribution >= 4 is 28.6 Å². The van der Waals surface area contributed by atoms with Gasteiger partial charge in [-0.2, -0.15) is 4.98 Å². The van der Waals surface area contributed by atoms with Crippen LogP contribution >= 0.6 is 0 Å². The van der Waals surface area contributed by atoms with Gasteiger partial charge in [0, 0.05) is 39.4 Å². The van der Waals surface area contributed by atoms with Crippen LogP contribution in [0, 0.1) is 0 Å². The monoisotopic (exact) mass is 428 g/mol. The number of aryl methyl sites for hydroxylation is 1. The molecule has 5 rings (SSSR count). The zero-order valence-corrected chi connectivity index (χ0v) is 17.9. The van der Waals surface area contributed by atoms with E-state index >= 15 is 0 Å². The Balaban J connectivity index is 1.32. The minimum Gasteiger partial charge on any atom is -0.357 e. The number of carbonyl (C=O) groups is 1. The third-order valence-corrected chi connectivity index (χ3v) is 5.60. The Hall–Kier alpha value is -3.81. The third kappa shape index (κ3) is 4.16. The molecule has 4 aromatic rings. The van der Waals surface area contributed by atoms with E-state index in [4.69, 9.17) is 14.5 Å². The van der Waals surface area contributed by atoms with Crippen LogP contribution in [0.1, 0.15) is 30.1 Å². The number of para-hydroxylation sites is 2. The Kier molecular flexibility index (Phi) is 5.49. The van der Waals surface area contributed by atoms with Crippen molar-refractivity contribution in [2.24, 2.45) is 0 Å². The van der Waals surface area contributed by atoms with Gasteiger partial charge in [0.1, 0.15) is 0 Å². The maximum absolute atomic E-state index is 13.2. The molecule has 3 heterocycles. The van der Waals surface area contributed by atoms with Crippen molar-refractivity contribution in [1.29, 1.82) is 0 Å². The second-order valence-corrected chi connectivity index (χ2v) is 7.95. The van der Waals surface area contributed by atoms with Crippen LogP contribution in [0.5, 0.6) is 0 Å². The molecule has 8 heteroatoms. The molecule has 2 aromatic carbocycles. The van der Waals surface area contributed by atoms with E-state index in [2.05, 4.69) is 15.0 Å². The van der Waals surface area contributed by atoms with Gasteiger partial charge in [0.05, 0.1) is 11.0 Å². The lowest BCUT2D eigenvalue weighted by Crippen LogP contribution is -2.32. The summed E-state index contributed by atoms with van der Waals surface area (Å²) in [4.78, 5) is 31.0. The van der Waals surface area contributed by atoms with E-state index in [9.17, 15) is 4.79 Å². The van der Waals surface area contributed by atoms with Gasteiger partial charge in [-0.1, -0.05) is 47.6 Å². The van der Waals surface area contributed by atoms with E-state index in [1.165, 1.54) is 0 Å². The summed E-state index contributed by atoms with van der Waals surface area (Å²) in [6.07, 6.45) is 2.11. The molecule has 0 aliphatic carbocycles. The van der Waals surface area contributed by atoms with E-state index in [-0.39, 0.29) is 12.3 Å². The molecule has 0 fully saturated rings. The standard InChI is InChI=1S/C24H24N6O2/c1-29-14-7-15-30(24-23(29)25-18-10-5-6-11-19(18)26-24)22(31)13-12-21-27-20(28-32-21)16-17-8-3-2-4-9-17/h2-6,8-11H,7,12-16H2,1H3. The number of anilines is 2. The highest BCUT2D eigenvalue weighted by molar-refractivity contribution is 5.96. The predicted octanol–water partition coefficient (Wildman–Crippen LogP) is 3.41. The van der Waals surface area contributed by atoms with Crippen molar-refractivity contribution < 1.29 is 9.32 Å². The highest BCUT2D eigenvalue weighted by Crippen LogP contribution is 2.30. The van der Waals surface area contributed by atoms with Gasteiger partial charge in [-0.25, -0.2) is 9.97 Å². The summed E-state index contributed by atoms with van der Waals surface area (Å²) in [6.45, 7) is 1.42. The van der Waals surface area contributed by atoms with Gasteiger partial charge in [0.2, 0.25) is 11.8 Å². The number of fused-ring (bicyclic) bond motifs is 2. The van der Waals surface area contributed by atoms with Crippen LogP contribution in [-0.2, 0) is 17.6 Å². The molecule has 2 aromatic heterocycles. The van der Waals surface area contributed by atoms with Gasteiger partial charge < -0.3 is 9.42 Å². The molecule has 0 saturated heterocycles. The number of amides is 1. The zero-order valence-electron chi connectivity index (χ0n) is 17.9. The lowest BCUT2D eigenvalue weighted by atomic mass is 10.1. The van der Waals surface area contributed by atoms with Gasteiger partial charge in [-0.15, -0.1) is 0 Å². The fraction of sp³-hybridized carbons (Fsp3) is 0.292. The lowest BCUT2D eigenvalue weighted by Gasteiger charge is -2.22. The smallest absolute Gasteiger partial charge is 0.228 e. The van der Waals surface area contributed by atoms with Crippen LogP contribution in [-0.4, -0.2) is 46.2 Å². The average Bonchev–Trinajstić information content (AvgIpc) is 3.20. The minimum absolute atomic E-state index is 0.0195. The van der Waals surface area contributed by atoms with Crippen molar-refractivity contribution in [2.75, 3.05) is 29.9 Å². The summed E-state index contributed by atoms with van der Waals surface area (Å²) in [5.74, 6) is 2.43. The first kappa shape index (κ1) is 20.1. The Morgan fingerprint density at radius 2 is 1.66 bits per heavy atom. The summed E-state index contributed by atoms with van der Waals surface area (Å²) < 4.78 is 5.38. The van der Waals surface area contributed by atoms with Crippen LogP contribution in [0.4, 0.5) is 11.6 Å². The summed E-state index contributed by atoms with van der Waals surface area (Å²) >= 11 is 0. The fourth-order valence-electron chi connectivity index (χ4n) is 3.93. The number of hydrogen-bond acceptors (Lipinski definition) is 7. The molecule has 8 nitrogen and oxygen atoms in total. The van der Waals surface area contributed by atoms with Crippen molar-refractivity contribution in [3.63, 3.8) is 0 Å². The molecule has 1 aliphatic heterocycles. The molecule has 0 radical (unpaired) electrons. The van der Waals surface area contributed by atoms with Crippen molar-refractivity contribution in [1.82, 2.24) is 20.1 Å². The minimum atomic E-state index is -0.0195. The molecule has 0 spiro atoms. The molecular weight excluding hydrogens is 404 g/mol. The van der Waals surface area contributed by atoms with E-state index in [1.807, 2.05) is 61.6 Å². The predicted molar refractivity (Wildman–Crippen MR) is 122 cm³/mol. The summed E-state index contributed by atoms with van der Waals surface area (Å²) in [5, 5.41) is 4.06. The second kappa shape index (κ2) is 8.74. The maximum Gasteiger partial charge on any atom is 0.228 e. The quantitative estimate of drug-likeness (QED) is 0.481. The molecule has 0 saturated carbocycles. The number of hydrogen-bond donors (Lipinski definition) is 0.